The molecule has 1 atom stereocenters. The van der Waals surface area contributed by atoms with Crippen molar-refractivity contribution in [3.8, 4) is 0 Å². The summed E-state index contributed by atoms with van der Waals surface area (Å²) in [6, 6.07) is -0.192. The number of amides is 1. The summed E-state index contributed by atoms with van der Waals surface area (Å²) < 4.78 is 4.85. The highest BCUT2D eigenvalue weighted by Crippen LogP contribution is 1.79. The molecule has 0 aromatic rings. The van der Waals surface area contributed by atoms with E-state index in [-0.39, 0.29) is 25.2 Å². The van der Waals surface area contributed by atoms with Gasteiger partial charge in [-0.3, -0.25) is 4.79 Å². The van der Waals surface area contributed by atoms with E-state index < -0.39 is 0 Å². The van der Waals surface area contributed by atoms with Gasteiger partial charge in [0.05, 0.1) is 6.61 Å². The van der Waals surface area contributed by atoms with E-state index in [9.17, 15) is 4.79 Å². The third-order valence-electron chi connectivity index (χ3n) is 1.12. The fourth-order valence-electron chi connectivity index (χ4n) is 0.557. The van der Waals surface area contributed by atoms with Gasteiger partial charge in [0.25, 0.3) is 0 Å². The molecule has 66 valence electrons. The second-order valence-corrected chi connectivity index (χ2v) is 2.29. The summed E-state index contributed by atoms with van der Waals surface area (Å²) in [5.74, 6) is -0.187. The van der Waals surface area contributed by atoms with Gasteiger partial charge in [-0.25, -0.2) is 0 Å². The molecule has 4 nitrogen and oxygen atoms in total. The highest BCUT2D eigenvalue weighted by Gasteiger charge is 2.04. The summed E-state index contributed by atoms with van der Waals surface area (Å²) in [6.45, 7) is 4.10. The van der Waals surface area contributed by atoms with Crippen LogP contribution in [0.15, 0.2) is 0 Å². The zero-order valence-electron chi connectivity index (χ0n) is 6.96. The van der Waals surface area contributed by atoms with Crippen LogP contribution in [0.1, 0.15) is 13.8 Å². The van der Waals surface area contributed by atoms with Gasteiger partial charge in [0.2, 0.25) is 5.91 Å². The minimum atomic E-state index is -0.192. The Morgan fingerprint density at radius 3 is 2.82 bits per heavy atom. The minimum Gasteiger partial charge on any atom is -0.394 e. The first-order valence-corrected chi connectivity index (χ1v) is 3.68. The molecule has 0 bridgehead atoms. The van der Waals surface area contributed by atoms with Crippen LogP contribution in [0, 0.1) is 0 Å². The second-order valence-electron chi connectivity index (χ2n) is 2.29. The summed E-state index contributed by atoms with van der Waals surface area (Å²) in [6.07, 6.45) is 0. The van der Waals surface area contributed by atoms with Gasteiger partial charge in [-0.05, 0) is 13.8 Å². The van der Waals surface area contributed by atoms with Crippen molar-refractivity contribution in [2.24, 2.45) is 0 Å². The number of aliphatic hydroxyl groups excluding tert-OH is 1. The Hall–Kier alpha value is -0.610. The molecule has 2 N–H and O–H groups in total. The zero-order chi connectivity index (χ0) is 8.69. The highest BCUT2D eigenvalue weighted by molar-refractivity contribution is 5.77. The number of hydrogen-bond donors (Lipinski definition) is 2. The van der Waals surface area contributed by atoms with Crippen LogP contribution in [-0.4, -0.2) is 36.9 Å². The first-order chi connectivity index (χ1) is 5.20. The van der Waals surface area contributed by atoms with Crippen LogP contribution < -0.4 is 5.32 Å². The number of hydrogen-bond acceptors (Lipinski definition) is 3. The smallest absolute Gasteiger partial charge is 0.246 e. The van der Waals surface area contributed by atoms with Crippen LogP contribution in [0.3, 0.4) is 0 Å². The molecular weight excluding hydrogens is 146 g/mol. The fraction of sp³-hybridized carbons (Fsp3) is 0.857. The molecule has 0 aliphatic heterocycles. The molecule has 0 aliphatic rings. The van der Waals surface area contributed by atoms with Crippen molar-refractivity contribution in [1.82, 2.24) is 5.32 Å². The summed E-state index contributed by atoms with van der Waals surface area (Å²) >= 11 is 0. The van der Waals surface area contributed by atoms with E-state index in [0.29, 0.717) is 6.61 Å². The molecule has 0 fully saturated rings. The second kappa shape index (κ2) is 6.12. The molecule has 0 aromatic heterocycles. The number of aliphatic hydroxyl groups is 1. The number of carbonyl (C=O) groups is 1. The van der Waals surface area contributed by atoms with E-state index in [0.717, 1.165) is 0 Å². The van der Waals surface area contributed by atoms with Gasteiger partial charge in [0.15, 0.2) is 0 Å². The van der Waals surface area contributed by atoms with Crippen molar-refractivity contribution in [3.63, 3.8) is 0 Å². The average Bonchev–Trinajstić information content (AvgIpc) is 2.00. The summed E-state index contributed by atoms with van der Waals surface area (Å²) in [5, 5.41) is 11.1. The van der Waals surface area contributed by atoms with Crippen LogP contribution in [-0.2, 0) is 9.53 Å². The Morgan fingerprint density at radius 1 is 1.73 bits per heavy atom. The average molecular weight is 161 g/mol. The molecule has 0 rings (SSSR count). The van der Waals surface area contributed by atoms with E-state index in [1.165, 1.54) is 0 Å². The highest BCUT2D eigenvalue weighted by atomic mass is 16.5. The largest absolute Gasteiger partial charge is 0.394 e. The lowest BCUT2D eigenvalue weighted by atomic mass is 10.3. The molecular formula is C7H15NO3. The van der Waals surface area contributed by atoms with Crippen molar-refractivity contribution < 1.29 is 14.6 Å². The van der Waals surface area contributed by atoms with Crippen molar-refractivity contribution in [3.05, 3.63) is 0 Å². The van der Waals surface area contributed by atoms with Gasteiger partial charge < -0.3 is 15.2 Å². The Kier molecular flexibility index (Phi) is 5.78. The third-order valence-corrected chi connectivity index (χ3v) is 1.12. The lowest BCUT2D eigenvalue weighted by molar-refractivity contribution is -0.126. The maximum absolute atomic E-state index is 10.8. The first-order valence-electron chi connectivity index (χ1n) is 3.68. The Morgan fingerprint density at radius 2 is 2.36 bits per heavy atom. The summed E-state index contributed by atoms with van der Waals surface area (Å²) in [7, 11) is 0. The molecule has 11 heavy (non-hydrogen) atoms. The topological polar surface area (TPSA) is 58.6 Å². The van der Waals surface area contributed by atoms with E-state index in [4.69, 9.17) is 9.84 Å². The molecule has 1 amide bonds. The van der Waals surface area contributed by atoms with Gasteiger partial charge >= 0.3 is 0 Å². The number of ether oxygens (including phenoxy) is 1. The van der Waals surface area contributed by atoms with Gasteiger partial charge in [0.1, 0.15) is 6.61 Å². The maximum Gasteiger partial charge on any atom is 0.246 e. The van der Waals surface area contributed by atoms with Crippen LogP contribution in [0.2, 0.25) is 0 Å². The fourth-order valence-corrected chi connectivity index (χ4v) is 0.557. The quantitative estimate of drug-likeness (QED) is 0.572. The molecule has 0 saturated carbocycles. The first kappa shape index (κ1) is 10.4. The van der Waals surface area contributed by atoms with Crippen LogP contribution in [0.4, 0.5) is 0 Å². The van der Waals surface area contributed by atoms with E-state index in [1.807, 2.05) is 6.92 Å². The normalized spacial score (nSPS) is 12.6. The molecule has 0 unspecified atom stereocenters. The van der Waals surface area contributed by atoms with Crippen LogP contribution in [0.5, 0.6) is 0 Å². The molecule has 4 heteroatoms. The monoisotopic (exact) mass is 161 g/mol. The summed E-state index contributed by atoms with van der Waals surface area (Å²) in [5.41, 5.74) is 0. The van der Waals surface area contributed by atoms with Crippen molar-refractivity contribution in [2.45, 2.75) is 19.9 Å². The standard InChI is InChI=1S/C7H15NO3/c1-3-11-5-7(10)8-6(2)4-9/h6,9H,3-5H2,1-2H3,(H,8,10)/t6-/m0/s1. The van der Waals surface area contributed by atoms with Crippen molar-refractivity contribution in [2.75, 3.05) is 19.8 Å². The van der Waals surface area contributed by atoms with Gasteiger partial charge in [0, 0.05) is 12.6 Å². The Labute approximate surface area is 66.5 Å². The zero-order valence-corrected chi connectivity index (χ0v) is 6.96. The molecule has 0 radical (unpaired) electrons. The molecule has 0 heterocycles. The van der Waals surface area contributed by atoms with E-state index >= 15 is 0 Å². The van der Waals surface area contributed by atoms with Gasteiger partial charge in [-0.2, -0.15) is 0 Å². The third kappa shape index (κ3) is 5.82. The Bertz CT molecular complexity index is 116. The SMILES string of the molecule is CCOCC(=O)N[C@@H](C)CO. The number of rotatable bonds is 5. The van der Waals surface area contributed by atoms with Crippen molar-refractivity contribution >= 4 is 5.91 Å². The predicted molar refractivity (Wildman–Crippen MR) is 41.2 cm³/mol. The maximum atomic E-state index is 10.8. The molecule has 0 aliphatic carbocycles. The lowest BCUT2D eigenvalue weighted by Crippen LogP contribution is -2.37. The van der Waals surface area contributed by atoms with Gasteiger partial charge in [-0.15, -0.1) is 0 Å². The Balaban J connectivity index is 3.36. The predicted octanol–water partition coefficient (Wildman–Crippen LogP) is -0.480. The lowest BCUT2D eigenvalue weighted by Gasteiger charge is -2.09. The molecule has 0 spiro atoms. The summed E-state index contributed by atoms with van der Waals surface area (Å²) in [4.78, 5) is 10.8. The van der Waals surface area contributed by atoms with Gasteiger partial charge in [-0.1, -0.05) is 0 Å². The molecule has 0 saturated heterocycles. The molecule has 0 aromatic carbocycles. The van der Waals surface area contributed by atoms with Crippen LogP contribution in [0.25, 0.3) is 0 Å². The van der Waals surface area contributed by atoms with Crippen LogP contribution >= 0.6 is 0 Å². The number of nitrogens with one attached hydrogen (secondary N) is 1. The number of carbonyl (C=O) groups excluding carboxylic acids is 1. The minimum absolute atomic E-state index is 0.0438. The van der Waals surface area contributed by atoms with Crippen molar-refractivity contribution in [1.29, 1.82) is 0 Å². The van der Waals surface area contributed by atoms with E-state index in [2.05, 4.69) is 5.32 Å². The van der Waals surface area contributed by atoms with E-state index in [1.54, 1.807) is 6.92 Å².